The summed E-state index contributed by atoms with van der Waals surface area (Å²) in [4.78, 5) is 34.2. The van der Waals surface area contributed by atoms with E-state index in [9.17, 15) is 9.59 Å². The van der Waals surface area contributed by atoms with Crippen LogP contribution in [0.5, 0.6) is 0 Å². The molecule has 1 aromatic carbocycles. The second-order valence-corrected chi connectivity index (χ2v) is 7.02. The van der Waals surface area contributed by atoms with Crippen molar-refractivity contribution in [3.63, 3.8) is 0 Å². The van der Waals surface area contributed by atoms with Crippen molar-refractivity contribution in [3.05, 3.63) is 35.9 Å². The lowest BCUT2D eigenvalue weighted by Gasteiger charge is -2.36. The predicted octanol–water partition coefficient (Wildman–Crippen LogP) is 1.54. The topological polar surface area (TPSA) is 68.2 Å². The number of imide groups is 1. The molecule has 8 heteroatoms. The van der Waals surface area contributed by atoms with Crippen molar-refractivity contribution < 1.29 is 9.59 Å². The number of likely N-dealkylation sites (tertiary alicyclic amines) is 1. The summed E-state index contributed by atoms with van der Waals surface area (Å²) in [6, 6.07) is 10.5. The number of piperazine rings is 1. The number of nitrogens with one attached hydrogen (secondary N) is 1. The Morgan fingerprint density at radius 2 is 1.68 bits per heavy atom. The average molecular weight is 499 g/mol. The quantitative estimate of drug-likeness (QED) is 0.288. The van der Waals surface area contributed by atoms with Crippen LogP contribution in [0.25, 0.3) is 0 Å². The van der Waals surface area contributed by atoms with Gasteiger partial charge in [0.05, 0.1) is 0 Å². The molecule has 3 rings (SSSR count). The Labute approximate surface area is 184 Å². The number of hydrogen-bond donors (Lipinski definition) is 1. The van der Waals surface area contributed by atoms with Crippen LogP contribution in [0.4, 0.5) is 0 Å². The molecular weight excluding hydrogens is 469 g/mol. The van der Waals surface area contributed by atoms with Crippen LogP contribution in [0.3, 0.4) is 0 Å². The standard InChI is InChI=1S/C20H29N5O2.HI/c1-21-20(22-10-11-25-18(26)8-5-9-19(25)27)24-14-12-23(13-15-24)16-17-6-3-2-4-7-17;/h2-4,6-7H,5,8-16H2,1H3,(H,21,22);1H. The van der Waals surface area contributed by atoms with E-state index in [2.05, 4.69) is 44.4 Å². The van der Waals surface area contributed by atoms with Gasteiger partial charge in [0, 0.05) is 65.7 Å². The minimum Gasteiger partial charge on any atom is -0.354 e. The van der Waals surface area contributed by atoms with Gasteiger partial charge in [-0.25, -0.2) is 0 Å². The summed E-state index contributed by atoms with van der Waals surface area (Å²) >= 11 is 0. The Morgan fingerprint density at radius 1 is 1.04 bits per heavy atom. The van der Waals surface area contributed by atoms with E-state index in [-0.39, 0.29) is 35.8 Å². The van der Waals surface area contributed by atoms with E-state index >= 15 is 0 Å². The van der Waals surface area contributed by atoms with Gasteiger partial charge in [0.2, 0.25) is 11.8 Å². The third kappa shape index (κ3) is 6.16. The van der Waals surface area contributed by atoms with Gasteiger partial charge in [-0.3, -0.25) is 24.4 Å². The summed E-state index contributed by atoms with van der Waals surface area (Å²) in [5.74, 6) is 0.724. The molecule has 0 bridgehead atoms. The van der Waals surface area contributed by atoms with E-state index < -0.39 is 0 Å². The van der Waals surface area contributed by atoms with Crippen LogP contribution in [0.1, 0.15) is 24.8 Å². The molecule has 0 saturated carbocycles. The number of piperidine rings is 1. The molecule has 2 heterocycles. The van der Waals surface area contributed by atoms with E-state index in [1.807, 2.05) is 6.07 Å². The molecule has 0 aliphatic carbocycles. The van der Waals surface area contributed by atoms with Gasteiger partial charge in [-0.1, -0.05) is 30.3 Å². The van der Waals surface area contributed by atoms with Gasteiger partial charge in [0.1, 0.15) is 0 Å². The van der Waals surface area contributed by atoms with Crippen molar-refractivity contribution in [1.29, 1.82) is 0 Å². The van der Waals surface area contributed by atoms with Crippen LogP contribution in [-0.2, 0) is 16.1 Å². The predicted molar refractivity (Wildman–Crippen MR) is 121 cm³/mol. The molecule has 2 saturated heterocycles. The van der Waals surface area contributed by atoms with E-state index in [4.69, 9.17) is 0 Å². The molecule has 7 nitrogen and oxygen atoms in total. The number of hydrogen-bond acceptors (Lipinski definition) is 4. The molecule has 28 heavy (non-hydrogen) atoms. The van der Waals surface area contributed by atoms with Crippen molar-refractivity contribution in [2.75, 3.05) is 46.3 Å². The highest BCUT2D eigenvalue weighted by atomic mass is 127. The van der Waals surface area contributed by atoms with Gasteiger partial charge in [-0.05, 0) is 12.0 Å². The van der Waals surface area contributed by atoms with Crippen molar-refractivity contribution in [3.8, 4) is 0 Å². The van der Waals surface area contributed by atoms with Gasteiger partial charge in [0.15, 0.2) is 5.96 Å². The number of carbonyl (C=O) groups is 2. The summed E-state index contributed by atoms with van der Waals surface area (Å²) in [6.45, 7) is 5.71. The van der Waals surface area contributed by atoms with Gasteiger partial charge in [-0.15, -0.1) is 24.0 Å². The van der Waals surface area contributed by atoms with Crippen LogP contribution >= 0.6 is 24.0 Å². The maximum atomic E-state index is 11.9. The Bertz CT molecular complexity index is 658. The molecule has 0 atom stereocenters. The summed E-state index contributed by atoms with van der Waals surface area (Å²) in [7, 11) is 1.77. The zero-order chi connectivity index (χ0) is 19.1. The van der Waals surface area contributed by atoms with Crippen LogP contribution in [0.2, 0.25) is 0 Å². The van der Waals surface area contributed by atoms with E-state index in [0.717, 1.165) is 38.7 Å². The maximum Gasteiger partial charge on any atom is 0.229 e. The zero-order valence-electron chi connectivity index (χ0n) is 16.5. The minimum atomic E-state index is -0.0578. The van der Waals surface area contributed by atoms with E-state index in [0.29, 0.717) is 32.4 Å². The lowest BCUT2D eigenvalue weighted by molar-refractivity contribution is -0.147. The number of amides is 2. The zero-order valence-corrected chi connectivity index (χ0v) is 18.8. The molecule has 1 aromatic rings. The second kappa shape index (κ2) is 11.4. The van der Waals surface area contributed by atoms with Gasteiger partial charge < -0.3 is 10.2 Å². The number of nitrogens with zero attached hydrogens (tertiary/aromatic N) is 4. The molecular formula is C20H30IN5O2. The SMILES string of the molecule is CN=C(NCCN1C(=O)CCCC1=O)N1CCN(Cc2ccccc2)CC1.I. The molecule has 0 unspecified atom stereocenters. The Kier molecular flexibility index (Phi) is 9.17. The molecule has 154 valence electrons. The third-order valence-electron chi connectivity index (χ3n) is 5.13. The number of carbonyl (C=O) groups excluding carboxylic acids is 2. The van der Waals surface area contributed by atoms with Crippen molar-refractivity contribution in [2.24, 2.45) is 4.99 Å². The highest BCUT2D eigenvalue weighted by Gasteiger charge is 2.25. The Balaban J connectivity index is 0.00000280. The molecule has 0 radical (unpaired) electrons. The molecule has 2 aliphatic rings. The lowest BCUT2D eigenvalue weighted by atomic mass is 10.1. The summed E-state index contributed by atoms with van der Waals surface area (Å²) < 4.78 is 0. The largest absolute Gasteiger partial charge is 0.354 e. The average Bonchev–Trinajstić information content (AvgIpc) is 2.69. The molecule has 2 aliphatic heterocycles. The fourth-order valence-electron chi connectivity index (χ4n) is 3.62. The first-order valence-corrected chi connectivity index (χ1v) is 9.72. The molecule has 2 fully saturated rings. The Hall–Kier alpha value is -1.68. The smallest absolute Gasteiger partial charge is 0.229 e. The number of aliphatic imine (C=N–C) groups is 1. The van der Waals surface area contributed by atoms with Crippen molar-refractivity contribution in [2.45, 2.75) is 25.8 Å². The first-order chi connectivity index (χ1) is 13.2. The van der Waals surface area contributed by atoms with Crippen LogP contribution in [-0.4, -0.2) is 78.8 Å². The minimum absolute atomic E-state index is 0. The first kappa shape index (κ1) is 22.6. The van der Waals surface area contributed by atoms with Crippen molar-refractivity contribution in [1.82, 2.24) is 20.0 Å². The van der Waals surface area contributed by atoms with Crippen molar-refractivity contribution >= 4 is 41.8 Å². The fraction of sp³-hybridized carbons (Fsp3) is 0.550. The van der Waals surface area contributed by atoms with Gasteiger partial charge >= 0.3 is 0 Å². The van der Waals surface area contributed by atoms with Crippen LogP contribution in [0, 0.1) is 0 Å². The lowest BCUT2D eigenvalue weighted by Crippen LogP contribution is -2.53. The summed E-state index contributed by atoms with van der Waals surface area (Å²) in [5.41, 5.74) is 1.34. The molecule has 0 spiro atoms. The fourth-order valence-corrected chi connectivity index (χ4v) is 3.62. The van der Waals surface area contributed by atoms with E-state index in [1.165, 1.54) is 10.5 Å². The molecule has 0 aromatic heterocycles. The highest BCUT2D eigenvalue weighted by molar-refractivity contribution is 14.0. The molecule has 1 N–H and O–H groups in total. The van der Waals surface area contributed by atoms with Gasteiger partial charge in [-0.2, -0.15) is 0 Å². The highest BCUT2D eigenvalue weighted by Crippen LogP contribution is 2.11. The monoisotopic (exact) mass is 499 g/mol. The number of rotatable bonds is 5. The Morgan fingerprint density at radius 3 is 2.29 bits per heavy atom. The summed E-state index contributed by atoms with van der Waals surface area (Å²) in [6.07, 6.45) is 1.63. The molecule has 2 amide bonds. The first-order valence-electron chi connectivity index (χ1n) is 9.72. The van der Waals surface area contributed by atoms with Crippen LogP contribution < -0.4 is 5.32 Å². The summed E-state index contributed by atoms with van der Waals surface area (Å²) in [5, 5.41) is 3.30. The van der Waals surface area contributed by atoms with Crippen LogP contribution in [0.15, 0.2) is 35.3 Å². The number of benzene rings is 1. The maximum absolute atomic E-state index is 11.9. The normalized spacial score (nSPS) is 18.8. The third-order valence-corrected chi connectivity index (χ3v) is 5.13. The second-order valence-electron chi connectivity index (χ2n) is 7.02. The van der Waals surface area contributed by atoms with E-state index in [1.54, 1.807) is 7.05 Å². The number of halogens is 1. The van der Waals surface area contributed by atoms with Gasteiger partial charge in [0.25, 0.3) is 0 Å². The number of guanidine groups is 1.